The van der Waals surface area contributed by atoms with Crippen LogP contribution in [0, 0.1) is 11.3 Å². The zero-order chi connectivity index (χ0) is 14.6. The van der Waals surface area contributed by atoms with E-state index >= 15 is 0 Å². The van der Waals surface area contributed by atoms with Crippen molar-refractivity contribution >= 4 is 5.97 Å². The number of nitriles is 1. The lowest BCUT2D eigenvalue weighted by atomic mass is 10.0. The van der Waals surface area contributed by atoms with Crippen molar-refractivity contribution in [2.75, 3.05) is 7.11 Å². The topological polar surface area (TPSA) is 85.3 Å². The van der Waals surface area contributed by atoms with Crippen molar-refractivity contribution in [3.63, 3.8) is 0 Å². The fourth-order valence-corrected chi connectivity index (χ4v) is 1.43. The summed E-state index contributed by atoms with van der Waals surface area (Å²) in [4.78, 5) is 11.4. The van der Waals surface area contributed by atoms with Crippen LogP contribution in [0.1, 0.15) is 21.5 Å². The van der Waals surface area contributed by atoms with Crippen molar-refractivity contribution in [1.82, 2.24) is 0 Å². The van der Waals surface area contributed by atoms with E-state index < -0.39 is 18.1 Å². The van der Waals surface area contributed by atoms with Gasteiger partial charge in [-0.15, -0.1) is 13.2 Å². The number of nitrogens with zero attached hydrogens (tertiary/aromatic N) is 1. The molecule has 1 aromatic carbocycles. The van der Waals surface area contributed by atoms with E-state index in [4.69, 9.17) is 11.0 Å². The van der Waals surface area contributed by atoms with Gasteiger partial charge in [0.2, 0.25) is 0 Å². The number of rotatable bonds is 3. The summed E-state index contributed by atoms with van der Waals surface area (Å²) in [6, 6.07) is 3.45. The fraction of sp³-hybridized carbons (Fsp3) is 0.273. The van der Waals surface area contributed by atoms with Gasteiger partial charge in [-0.1, -0.05) is 0 Å². The number of benzene rings is 1. The Balaban J connectivity index is 3.39. The molecule has 102 valence electrons. The van der Waals surface area contributed by atoms with Crippen LogP contribution in [-0.4, -0.2) is 19.4 Å². The van der Waals surface area contributed by atoms with E-state index in [0.717, 1.165) is 19.2 Å². The number of hydrogen-bond acceptors (Lipinski definition) is 5. The number of hydrogen-bond donors (Lipinski definition) is 1. The van der Waals surface area contributed by atoms with Gasteiger partial charge in [0.15, 0.2) is 0 Å². The zero-order valence-corrected chi connectivity index (χ0v) is 9.75. The summed E-state index contributed by atoms with van der Waals surface area (Å²) in [5, 5.41) is 8.92. The van der Waals surface area contributed by atoms with Crippen LogP contribution < -0.4 is 10.5 Å². The molecule has 0 unspecified atom stereocenters. The van der Waals surface area contributed by atoms with Crippen LogP contribution in [0.5, 0.6) is 5.75 Å². The Morgan fingerprint density at radius 1 is 1.47 bits per heavy atom. The van der Waals surface area contributed by atoms with Gasteiger partial charge in [-0.05, 0) is 17.7 Å². The molecule has 19 heavy (non-hydrogen) atoms. The lowest BCUT2D eigenvalue weighted by Crippen LogP contribution is -2.18. The van der Waals surface area contributed by atoms with Gasteiger partial charge in [-0.25, -0.2) is 4.79 Å². The molecule has 1 aromatic rings. The number of carbonyl (C=O) groups excluding carboxylic acids is 1. The third-order valence-electron chi connectivity index (χ3n) is 2.16. The highest BCUT2D eigenvalue weighted by Crippen LogP contribution is 2.28. The van der Waals surface area contributed by atoms with Crippen molar-refractivity contribution in [3.8, 4) is 11.8 Å². The van der Waals surface area contributed by atoms with Gasteiger partial charge in [-0.2, -0.15) is 5.26 Å². The predicted molar refractivity (Wildman–Crippen MR) is 57.1 cm³/mol. The van der Waals surface area contributed by atoms with Crippen LogP contribution in [0.2, 0.25) is 0 Å². The Kier molecular flexibility index (Phi) is 4.34. The Hall–Kier alpha value is -2.27. The number of ether oxygens (including phenoxy) is 2. The molecule has 0 aliphatic heterocycles. The van der Waals surface area contributed by atoms with Gasteiger partial charge in [0.05, 0.1) is 18.2 Å². The molecule has 1 rings (SSSR count). The highest BCUT2D eigenvalue weighted by atomic mass is 19.4. The summed E-state index contributed by atoms with van der Waals surface area (Å²) in [5.74, 6) is -1.58. The fourth-order valence-electron chi connectivity index (χ4n) is 1.43. The minimum absolute atomic E-state index is 0.0599. The van der Waals surface area contributed by atoms with Crippen LogP contribution in [0.3, 0.4) is 0 Å². The highest BCUT2D eigenvalue weighted by molar-refractivity contribution is 5.93. The van der Waals surface area contributed by atoms with Crippen LogP contribution in [-0.2, 0) is 11.3 Å². The monoisotopic (exact) mass is 274 g/mol. The first-order chi connectivity index (χ1) is 8.82. The Bertz CT molecular complexity index is 535. The number of nitrogens with two attached hydrogens (primary N) is 1. The molecule has 0 aliphatic carbocycles. The molecule has 0 aliphatic rings. The number of methoxy groups -OCH3 is 1. The second-order valence-electron chi connectivity index (χ2n) is 3.36. The standard InChI is InChI=1S/C11H9F3N2O3/c1-18-10(17)8-3-7(19-11(12,13)14)2-6(4-15)9(8)5-16/h2-3H,4,15H2,1H3. The minimum atomic E-state index is -4.91. The zero-order valence-electron chi connectivity index (χ0n) is 9.75. The van der Waals surface area contributed by atoms with Gasteiger partial charge in [0.1, 0.15) is 11.8 Å². The average molecular weight is 274 g/mol. The molecule has 0 fully saturated rings. The van der Waals surface area contributed by atoms with E-state index in [1.807, 2.05) is 0 Å². The molecule has 0 aromatic heterocycles. The number of alkyl halides is 3. The predicted octanol–water partition coefficient (Wildman–Crippen LogP) is 1.70. The maximum absolute atomic E-state index is 12.1. The smallest absolute Gasteiger partial charge is 0.465 e. The largest absolute Gasteiger partial charge is 0.573 e. The Morgan fingerprint density at radius 3 is 2.53 bits per heavy atom. The molecule has 0 heterocycles. The molecule has 0 saturated heterocycles. The Labute approximate surface area is 106 Å². The number of halogens is 3. The van der Waals surface area contributed by atoms with E-state index in [9.17, 15) is 18.0 Å². The molecule has 8 heteroatoms. The molecular formula is C11H9F3N2O3. The summed E-state index contributed by atoms with van der Waals surface area (Å²) in [7, 11) is 1.04. The molecular weight excluding hydrogens is 265 g/mol. The van der Waals surface area contributed by atoms with Crippen molar-refractivity contribution in [2.24, 2.45) is 5.73 Å². The van der Waals surface area contributed by atoms with Gasteiger partial charge < -0.3 is 15.2 Å². The van der Waals surface area contributed by atoms with Crippen LogP contribution in [0.25, 0.3) is 0 Å². The number of carbonyl (C=O) groups is 1. The first-order valence-corrected chi connectivity index (χ1v) is 4.93. The SMILES string of the molecule is COC(=O)c1cc(OC(F)(F)F)cc(CN)c1C#N. The highest BCUT2D eigenvalue weighted by Gasteiger charge is 2.32. The van der Waals surface area contributed by atoms with Crippen LogP contribution in [0.4, 0.5) is 13.2 Å². The van der Waals surface area contributed by atoms with E-state index in [2.05, 4.69) is 9.47 Å². The number of esters is 1. The lowest BCUT2D eigenvalue weighted by Gasteiger charge is -2.13. The summed E-state index contributed by atoms with van der Waals surface area (Å²) < 4.78 is 44.5. The van der Waals surface area contributed by atoms with E-state index in [1.165, 1.54) is 0 Å². The Morgan fingerprint density at radius 2 is 2.11 bits per heavy atom. The molecule has 0 bridgehead atoms. The van der Waals surface area contributed by atoms with Gasteiger partial charge in [0.25, 0.3) is 0 Å². The first-order valence-electron chi connectivity index (χ1n) is 4.93. The molecule has 0 saturated carbocycles. The van der Waals surface area contributed by atoms with E-state index in [-0.39, 0.29) is 23.2 Å². The quantitative estimate of drug-likeness (QED) is 0.848. The molecule has 0 amide bonds. The summed E-state index contributed by atoms with van der Waals surface area (Å²) in [6.07, 6.45) is -4.91. The average Bonchev–Trinajstić information content (AvgIpc) is 2.34. The van der Waals surface area contributed by atoms with E-state index in [0.29, 0.717) is 0 Å². The van der Waals surface area contributed by atoms with Crippen LogP contribution in [0.15, 0.2) is 12.1 Å². The molecule has 0 radical (unpaired) electrons. The first kappa shape index (κ1) is 14.8. The second kappa shape index (κ2) is 5.58. The molecule has 0 spiro atoms. The normalized spacial score (nSPS) is 10.7. The van der Waals surface area contributed by atoms with E-state index in [1.54, 1.807) is 6.07 Å². The third-order valence-corrected chi connectivity index (χ3v) is 2.16. The molecule has 5 nitrogen and oxygen atoms in total. The van der Waals surface area contributed by atoms with Crippen molar-refractivity contribution in [1.29, 1.82) is 5.26 Å². The maximum atomic E-state index is 12.1. The third kappa shape index (κ3) is 3.59. The summed E-state index contributed by atoms with van der Waals surface area (Å²) in [5.41, 5.74) is 4.93. The maximum Gasteiger partial charge on any atom is 0.573 e. The molecule has 0 atom stereocenters. The van der Waals surface area contributed by atoms with Crippen LogP contribution >= 0.6 is 0 Å². The second-order valence-corrected chi connectivity index (χ2v) is 3.36. The minimum Gasteiger partial charge on any atom is -0.465 e. The lowest BCUT2D eigenvalue weighted by molar-refractivity contribution is -0.274. The van der Waals surface area contributed by atoms with Crippen molar-refractivity contribution < 1.29 is 27.4 Å². The van der Waals surface area contributed by atoms with Gasteiger partial charge in [-0.3, -0.25) is 0 Å². The summed E-state index contributed by atoms with van der Waals surface area (Å²) in [6.45, 7) is -0.220. The van der Waals surface area contributed by atoms with Gasteiger partial charge in [0, 0.05) is 6.54 Å². The summed E-state index contributed by atoms with van der Waals surface area (Å²) >= 11 is 0. The van der Waals surface area contributed by atoms with Crippen molar-refractivity contribution in [2.45, 2.75) is 12.9 Å². The molecule has 2 N–H and O–H groups in total. The van der Waals surface area contributed by atoms with Gasteiger partial charge >= 0.3 is 12.3 Å². The van der Waals surface area contributed by atoms with Crippen molar-refractivity contribution in [3.05, 3.63) is 28.8 Å².